The van der Waals surface area contributed by atoms with Gasteiger partial charge in [-0.25, -0.2) is 4.57 Å². The SMILES string of the molecule is CC/C=C\C/C=C\C/C=C\C/C=C\C/C=C\C/C=C\CCC(=O)O[C@H](COC(=O)CC/C=C\C/C=C\C/C=C\C=C\C(O)C/C=C\C/C=C\CC)COP(=O)(O)OC1[C@H](O)[C@H](O)C(O)[C@H](O)[C@H]1O. The third-order valence-electron chi connectivity index (χ3n) is 9.78. The average Bonchev–Trinajstić information content (AvgIpc) is 3.32. The highest BCUT2D eigenvalue weighted by Crippen LogP contribution is 2.47. The summed E-state index contributed by atoms with van der Waals surface area (Å²) < 4.78 is 33.3. The number of aliphatic hydroxyl groups is 6. The summed E-state index contributed by atoms with van der Waals surface area (Å²) in [6.45, 7) is 2.86. The zero-order valence-electron chi connectivity index (χ0n) is 39.9. The minimum atomic E-state index is -5.18. The first-order chi connectivity index (χ1) is 32.8. The molecule has 0 spiro atoms. The summed E-state index contributed by atoms with van der Waals surface area (Å²) in [5.74, 6) is -1.34. The first-order valence-corrected chi connectivity index (χ1v) is 25.2. The van der Waals surface area contributed by atoms with Crippen LogP contribution >= 0.6 is 7.82 Å². The van der Waals surface area contributed by atoms with Crippen molar-refractivity contribution in [3.05, 3.63) is 146 Å². The lowest BCUT2D eigenvalue weighted by Crippen LogP contribution is -2.64. The average molecular weight is 971 g/mol. The molecule has 1 aliphatic rings. The predicted octanol–water partition coefficient (Wildman–Crippen LogP) is 8.69. The van der Waals surface area contributed by atoms with Gasteiger partial charge in [0, 0.05) is 12.8 Å². The highest BCUT2D eigenvalue weighted by molar-refractivity contribution is 7.47. The van der Waals surface area contributed by atoms with Crippen molar-refractivity contribution in [2.45, 2.75) is 159 Å². The van der Waals surface area contributed by atoms with Crippen LogP contribution < -0.4 is 0 Å². The third-order valence-corrected chi connectivity index (χ3v) is 10.8. The highest BCUT2D eigenvalue weighted by atomic mass is 31.2. The van der Waals surface area contributed by atoms with Gasteiger partial charge in [-0.05, 0) is 83.5 Å². The molecular weight excluding hydrogens is 892 g/mol. The molecule has 0 radical (unpaired) electrons. The van der Waals surface area contributed by atoms with Crippen LogP contribution in [-0.2, 0) is 32.7 Å². The van der Waals surface area contributed by atoms with Gasteiger partial charge in [0.2, 0.25) is 0 Å². The Balaban J connectivity index is 2.59. The quantitative estimate of drug-likeness (QED) is 0.0135. The van der Waals surface area contributed by atoms with Crippen LogP contribution in [0.1, 0.15) is 110 Å². The molecule has 7 N–H and O–H groups in total. The number of carbonyl (C=O) groups excluding carboxylic acids is 2. The molecule has 0 bridgehead atoms. The fourth-order valence-corrected chi connectivity index (χ4v) is 6.98. The van der Waals surface area contributed by atoms with E-state index < -0.39 is 81.8 Å². The number of phosphoric acid groups is 1. The molecule has 0 aromatic rings. The van der Waals surface area contributed by atoms with Gasteiger partial charge in [0.25, 0.3) is 0 Å². The molecule has 0 aromatic heterocycles. The molecular formula is C53H79O14P. The van der Waals surface area contributed by atoms with Gasteiger partial charge in [-0.2, -0.15) is 0 Å². The Bertz CT molecular complexity index is 1750. The fourth-order valence-electron chi connectivity index (χ4n) is 6.01. The first kappa shape index (κ1) is 61.7. The summed E-state index contributed by atoms with van der Waals surface area (Å²) in [5, 5.41) is 60.2. The second-order valence-electron chi connectivity index (χ2n) is 15.7. The third kappa shape index (κ3) is 32.4. The Morgan fingerprint density at radius 1 is 0.515 bits per heavy atom. The molecule has 14 nitrogen and oxygen atoms in total. The van der Waals surface area contributed by atoms with E-state index in [-0.39, 0.29) is 12.8 Å². The largest absolute Gasteiger partial charge is 0.472 e. The van der Waals surface area contributed by atoms with E-state index >= 15 is 0 Å². The minimum absolute atomic E-state index is 0.00733. The Morgan fingerprint density at radius 3 is 1.38 bits per heavy atom. The molecule has 1 aliphatic carbocycles. The molecule has 0 saturated heterocycles. The van der Waals surface area contributed by atoms with E-state index in [4.69, 9.17) is 18.5 Å². The van der Waals surface area contributed by atoms with E-state index in [1.807, 2.05) is 79.0 Å². The summed E-state index contributed by atoms with van der Waals surface area (Å²) in [4.78, 5) is 35.7. The molecule has 1 rings (SSSR count). The number of hydrogen-bond donors (Lipinski definition) is 7. The lowest BCUT2D eigenvalue weighted by Gasteiger charge is -2.41. The molecule has 68 heavy (non-hydrogen) atoms. The van der Waals surface area contributed by atoms with Crippen molar-refractivity contribution in [2.75, 3.05) is 13.2 Å². The van der Waals surface area contributed by atoms with Gasteiger partial charge in [-0.1, -0.05) is 160 Å². The van der Waals surface area contributed by atoms with Crippen molar-refractivity contribution < 1.29 is 68.2 Å². The first-order valence-electron chi connectivity index (χ1n) is 23.7. The monoisotopic (exact) mass is 971 g/mol. The second-order valence-corrected chi connectivity index (χ2v) is 17.1. The smallest absolute Gasteiger partial charge is 0.462 e. The molecule has 9 atom stereocenters. The lowest BCUT2D eigenvalue weighted by molar-refractivity contribution is -0.220. The lowest BCUT2D eigenvalue weighted by atomic mass is 9.85. The summed E-state index contributed by atoms with van der Waals surface area (Å²) in [6.07, 6.45) is 43.7. The van der Waals surface area contributed by atoms with Crippen LogP contribution in [0.4, 0.5) is 0 Å². The summed E-state index contributed by atoms with van der Waals surface area (Å²) >= 11 is 0. The van der Waals surface area contributed by atoms with E-state index in [1.165, 1.54) is 0 Å². The maximum Gasteiger partial charge on any atom is 0.472 e. The summed E-state index contributed by atoms with van der Waals surface area (Å²) in [5.41, 5.74) is 0. The molecule has 4 unspecified atom stereocenters. The molecule has 0 amide bonds. The van der Waals surface area contributed by atoms with Gasteiger partial charge < -0.3 is 45.0 Å². The van der Waals surface area contributed by atoms with Crippen LogP contribution in [-0.4, -0.2) is 110 Å². The highest BCUT2D eigenvalue weighted by Gasteiger charge is 2.51. The van der Waals surface area contributed by atoms with Gasteiger partial charge in [0.15, 0.2) is 6.10 Å². The van der Waals surface area contributed by atoms with E-state index in [0.717, 1.165) is 44.9 Å². The fraction of sp³-hybridized carbons (Fsp3) is 0.509. The number of allylic oxidation sites excluding steroid dienone is 22. The van der Waals surface area contributed by atoms with Crippen molar-refractivity contribution in [1.29, 1.82) is 0 Å². The van der Waals surface area contributed by atoms with E-state index in [2.05, 4.69) is 74.6 Å². The van der Waals surface area contributed by atoms with Crippen molar-refractivity contribution in [2.24, 2.45) is 0 Å². The van der Waals surface area contributed by atoms with E-state index in [0.29, 0.717) is 38.5 Å². The number of ether oxygens (including phenoxy) is 2. The van der Waals surface area contributed by atoms with Crippen LogP contribution in [0.5, 0.6) is 0 Å². The van der Waals surface area contributed by atoms with Crippen molar-refractivity contribution >= 4 is 19.8 Å². The number of carbonyl (C=O) groups is 2. The molecule has 0 aliphatic heterocycles. The van der Waals surface area contributed by atoms with Crippen molar-refractivity contribution in [3.63, 3.8) is 0 Å². The van der Waals surface area contributed by atoms with Gasteiger partial charge in [-0.15, -0.1) is 0 Å². The van der Waals surface area contributed by atoms with Crippen LogP contribution in [0.15, 0.2) is 146 Å². The number of esters is 2. The molecule has 1 saturated carbocycles. The molecule has 15 heteroatoms. The van der Waals surface area contributed by atoms with Crippen LogP contribution in [0.25, 0.3) is 0 Å². The maximum atomic E-state index is 12.8. The Hall–Kier alpha value is -4.31. The summed E-state index contributed by atoms with van der Waals surface area (Å²) in [6, 6.07) is 0. The zero-order valence-corrected chi connectivity index (χ0v) is 40.8. The van der Waals surface area contributed by atoms with Gasteiger partial charge in [0.1, 0.15) is 43.2 Å². The van der Waals surface area contributed by atoms with Gasteiger partial charge in [0.05, 0.1) is 12.7 Å². The van der Waals surface area contributed by atoms with E-state index in [1.54, 1.807) is 6.08 Å². The second kappa shape index (κ2) is 40.6. The molecule has 380 valence electrons. The maximum absolute atomic E-state index is 12.8. The van der Waals surface area contributed by atoms with Crippen LogP contribution in [0, 0.1) is 0 Å². The molecule has 1 fully saturated rings. The normalized spacial score (nSPS) is 22.8. The van der Waals surface area contributed by atoms with Gasteiger partial charge in [-0.3, -0.25) is 18.6 Å². The van der Waals surface area contributed by atoms with Crippen molar-refractivity contribution in [1.82, 2.24) is 0 Å². The summed E-state index contributed by atoms with van der Waals surface area (Å²) in [7, 11) is -5.18. The Morgan fingerprint density at radius 2 is 0.912 bits per heavy atom. The van der Waals surface area contributed by atoms with Crippen LogP contribution in [0.3, 0.4) is 0 Å². The number of rotatable bonds is 36. The minimum Gasteiger partial charge on any atom is -0.462 e. The zero-order chi connectivity index (χ0) is 50.1. The number of hydrogen-bond acceptors (Lipinski definition) is 13. The topological polar surface area (TPSA) is 230 Å². The molecule has 0 heterocycles. The number of aliphatic hydroxyl groups excluding tert-OH is 6. The Labute approximate surface area is 404 Å². The van der Waals surface area contributed by atoms with E-state index in [9.17, 15) is 49.7 Å². The van der Waals surface area contributed by atoms with Crippen molar-refractivity contribution in [3.8, 4) is 0 Å². The van der Waals surface area contributed by atoms with Gasteiger partial charge >= 0.3 is 19.8 Å². The Kier molecular flexibility index (Phi) is 36.8. The standard InChI is InChI=1S/C53H79O14P/c1-3-5-7-9-11-12-13-14-15-16-17-18-19-20-21-26-29-33-37-41-47(56)66-45(43-65-68(62,63)67-53-51(60)49(58)48(57)50(59)52(53)61)42-64-46(55)40-36-32-28-25-23-22-24-27-31-35-39-44(54)38-34-30-10-8-6-4-2/h5-8,11-12,14-15,17-18,20-23,27-35,39,44-45,48-54,57-61H,3-4,9-10,13,16,19,24-26,36-38,40-43H2,1-2H3,(H,62,63)/b7-5-,8-6-,12-11-,15-14-,18-17-,21-20-,23-22-,31-27-,32-28-,33-29-,34-30-,39-35+/t44?,45-,48?,49-,50+,51-,52-,53?/m1/s1. The number of phosphoric ester groups is 1. The molecule has 0 aromatic carbocycles. The van der Waals surface area contributed by atoms with Crippen LogP contribution in [0.2, 0.25) is 0 Å². The predicted molar refractivity (Wildman–Crippen MR) is 268 cm³/mol.